The molecule has 1 fully saturated rings. The van der Waals surface area contributed by atoms with E-state index in [0.29, 0.717) is 5.82 Å². The zero-order chi connectivity index (χ0) is 36.1. The largest absolute Gasteiger partial charge is 0.309 e. The normalized spacial score (nSPS) is 14.4. The maximum atomic E-state index is 5.28. The zero-order valence-corrected chi connectivity index (χ0v) is 30.3. The molecule has 4 nitrogen and oxygen atoms in total. The third-order valence-corrected chi connectivity index (χ3v) is 12.5. The van der Waals surface area contributed by atoms with Crippen molar-refractivity contribution >= 4 is 43.6 Å². The molecule has 55 heavy (non-hydrogen) atoms. The second-order valence-corrected chi connectivity index (χ2v) is 15.3. The average molecular weight is 705 g/mol. The van der Waals surface area contributed by atoms with E-state index < -0.39 is 0 Å². The minimum atomic E-state index is 0.0985. The van der Waals surface area contributed by atoms with Crippen LogP contribution in [-0.4, -0.2) is 19.1 Å². The second kappa shape index (κ2) is 11.6. The van der Waals surface area contributed by atoms with Crippen LogP contribution in [0.25, 0.3) is 88.9 Å². The van der Waals surface area contributed by atoms with Gasteiger partial charge in [0.2, 0.25) is 0 Å². The number of rotatable bonds is 4. The minimum Gasteiger partial charge on any atom is -0.309 e. The van der Waals surface area contributed by atoms with Gasteiger partial charge in [0.05, 0.1) is 27.8 Å². The summed E-state index contributed by atoms with van der Waals surface area (Å²) in [5.74, 6) is 1.55. The Morgan fingerprint density at radius 3 is 1.78 bits per heavy atom. The van der Waals surface area contributed by atoms with Gasteiger partial charge in [-0.25, -0.2) is 9.97 Å². The summed E-state index contributed by atoms with van der Waals surface area (Å²) in [6.45, 7) is 0. The Labute approximate surface area is 319 Å². The maximum Gasteiger partial charge on any atom is 0.162 e. The topological polar surface area (TPSA) is 35.6 Å². The van der Waals surface area contributed by atoms with Crippen molar-refractivity contribution < 1.29 is 0 Å². The first-order chi connectivity index (χ1) is 27.2. The highest BCUT2D eigenvalue weighted by atomic mass is 15.1. The van der Waals surface area contributed by atoms with Crippen LogP contribution in [0, 0.1) is 0 Å². The van der Waals surface area contributed by atoms with Gasteiger partial charge in [0, 0.05) is 49.8 Å². The molecule has 7 aromatic carbocycles. The number of hydrogen-bond donors (Lipinski definition) is 0. The summed E-state index contributed by atoms with van der Waals surface area (Å²) < 4.78 is 4.77. The highest BCUT2D eigenvalue weighted by Gasteiger charge is 2.45. The third kappa shape index (κ3) is 4.40. The van der Waals surface area contributed by atoms with Crippen LogP contribution in [-0.2, 0) is 5.41 Å². The molecule has 260 valence electrons. The molecule has 0 atom stereocenters. The summed E-state index contributed by atoms with van der Waals surface area (Å²) >= 11 is 0. The molecular formula is C51H36N4. The molecule has 0 saturated heterocycles. The fourth-order valence-corrected chi connectivity index (χ4v) is 10.1. The SMILES string of the molecule is c1ccc(-c2nc(-c3cccc(-n4c5ccccc5c5cc6c(cc54)C4(CCCC4)c4ccccc4-6)c3)cc(-n3c4ccccc4c4ccccc43)n2)cc1. The van der Waals surface area contributed by atoms with Crippen molar-refractivity contribution in [3.8, 4) is 45.3 Å². The Hall–Kier alpha value is -6.78. The van der Waals surface area contributed by atoms with Gasteiger partial charge < -0.3 is 4.57 Å². The molecule has 0 aliphatic heterocycles. The van der Waals surface area contributed by atoms with Crippen molar-refractivity contribution in [2.75, 3.05) is 0 Å². The lowest BCUT2D eigenvalue weighted by Crippen LogP contribution is -2.20. The molecule has 0 N–H and O–H groups in total. The number of aromatic nitrogens is 4. The monoisotopic (exact) mass is 704 g/mol. The van der Waals surface area contributed by atoms with Crippen molar-refractivity contribution in [2.45, 2.75) is 31.1 Å². The van der Waals surface area contributed by atoms with E-state index in [0.717, 1.165) is 39.4 Å². The van der Waals surface area contributed by atoms with Gasteiger partial charge in [-0.05, 0) is 77.6 Å². The number of nitrogens with zero attached hydrogens (tertiary/aromatic N) is 4. The van der Waals surface area contributed by atoms with E-state index in [1.165, 1.54) is 80.5 Å². The smallest absolute Gasteiger partial charge is 0.162 e. The summed E-state index contributed by atoms with van der Waals surface area (Å²) in [5.41, 5.74) is 14.7. The van der Waals surface area contributed by atoms with Crippen LogP contribution in [0.15, 0.2) is 170 Å². The molecule has 1 spiro atoms. The molecule has 3 heterocycles. The van der Waals surface area contributed by atoms with Gasteiger partial charge in [-0.1, -0.05) is 134 Å². The van der Waals surface area contributed by atoms with Crippen molar-refractivity contribution in [3.05, 3.63) is 181 Å². The first-order valence-electron chi connectivity index (χ1n) is 19.5. The fraction of sp³-hybridized carbons (Fsp3) is 0.0980. The zero-order valence-electron chi connectivity index (χ0n) is 30.3. The molecule has 0 radical (unpaired) electrons. The lowest BCUT2D eigenvalue weighted by Gasteiger charge is -2.26. The van der Waals surface area contributed by atoms with Gasteiger partial charge in [-0.15, -0.1) is 0 Å². The molecular weight excluding hydrogens is 669 g/mol. The molecule has 0 amide bonds. The van der Waals surface area contributed by atoms with E-state index in [2.05, 4.69) is 173 Å². The summed E-state index contributed by atoms with van der Waals surface area (Å²) in [6.07, 6.45) is 4.97. The predicted molar refractivity (Wildman–Crippen MR) is 226 cm³/mol. The summed E-state index contributed by atoms with van der Waals surface area (Å²) in [6, 6.07) is 61.7. The van der Waals surface area contributed by atoms with Crippen LogP contribution >= 0.6 is 0 Å². The molecule has 3 aromatic heterocycles. The molecule has 10 aromatic rings. The van der Waals surface area contributed by atoms with Gasteiger partial charge in [0.25, 0.3) is 0 Å². The van der Waals surface area contributed by atoms with Crippen LogP contribution in [0.3, 0.4) is 0 Å². The van der Waals surface area contributed by atoms with E-state index in [4.69, 9.17) is 9.97 Å². The Balaban J connectivity index is 1.09. The highest BCUT2D eigenvalue weighted by molar-refractivity contribution is 6.12. The molecule has 1 saturated carbocycles. The van der Waals surface area contributed by atoms with Gasteiger partial charge in [-0.2, -0.15) is 0 Å². The standard InChI is InChI=1S/C51H36N4/c1-2-15-33(16-3-1)50-52-44(32-49(53-50)55-46-25-10-5-20-37(46)38-21-6-11-26-47(38)55)34-17-14-18-35(29-34)54-45-24-9-7-22-39(45)41-30-40-36-19-4-8-23-42(36)51(27-12-13-28-51)43(40)31-48(41)54/h1-11,14-26,29-32H,12-13,27-28H2. The Bertz CT molecular complexity index is 3110. The van der Waals surface area contributed by atoms with Gasteiger partial charge in [-0.3, -0.25) is 4.57 Å². The van der Waals surface area contributed by atoms with E-state index >= 15 is 0 Å². The van der Waals surface area contributed by atoms with Crippen molar-refractivity contribution in [3.63, 3.8) is 0 Å². The Morgan fingerprint density at radius 2 is 1.04 bits per heavy atom. The summed E-state index contributed by atoms with van der Waals surface area (Å²) in [4.78, 5) is 10.5. The molecule has 2 aliphatic rings. The average Bonchev–Trinajstić information content (AvgIpc) is 4.02. The van der Waals surface area contributed by atoms with Gasteiger partial charge in [0.15, 0.2) is 5.82 Å². The summed E-state index contributed by atoms with van der Waals surface area (Å²) in [7, 11) is 0. The highest BCUT2D eigenvalue weighted by Crippen LogP contribution is 2.58. The van der Waals surface area contributed by atoms with E-state index in [1.807, 2.05) is 6.07 Å². The fourth-order valence-electron chi connectivity index (χ4n) is 10.1. The van der Waals surface area contributed by atoms with Gasteiger partial charge >= 0.3 is 0 Å². The number of para-hydroxylation sites is 3. The van der Waals surface area contributed by atoms with Crippen LogP contribution in [0.4, 0.5) is 0 Å². The molecule has 12 rings (SSSR count). The first kappa shape index (κ1) is 30.7. The van der Waals surface area contributed by atoms with E-state index in [1.54, 1.807) is 0 Å². The lowest BCUT2D eigenvalue weighted by atomic mass is 9.76. The number of fused-ring (bicyclic) bond motifs is 11. The number of benzene rings is 7. The minimum absolute atomic E-state index is 0.0985. The third-order valence-electron chi connectivity index (χ3n) is 12.5. The molecule has 0 bridgehead atoms. The van der Waals surface area contributed by atoms with Crippen molar-refractivity contribution in [1.82, 2.24) is 19.1 Å². The van der Waals surface area contributed by atoms with Crippen LogP contribution < -0.4 is 0 Å². The van der Waals surface area contributed by atoms with Crippen molar-refractivity contribution in [1.29, 1.82) is 0 Å². The lowest BCUT2D eigenvalue weighted by molar-refractivity contribution is 0.550. The Kier molecular flexibility index (Phi) is 6.47. The number of hydrogen-bond acceptors (Lipinski definition) is 2. The quantitative estimate of drug-likeness (QED) is 0.183. The van der Waals surface area contributed by atoms with E-state index in [-0.39, 0.29) is 5.41 Å². The van der Waals surface area contributed by atoms with Gasteiger partial charge in [0.1, 0.15) is 5.82 Å². The Morgan fingerprint density at radius 1 is 0.418 bits per heavy atom. The first-order valence-corrected chi connectivity index (χ1v) is 19.5. The second-order valence-electron chi connectivity index (χ2n) is 15.3. The van der Waals surface area contributed by atoms with Crippen LogP contribution in [0.1, 0.15) is 36.8 Å². The molecule has 2 aliphatic carbocycles. The predicted octanol–water partition coefficient (Wildman–Crippen LogP) is 12.8. The maximum absolute atomic E-state index is 5.28. The molecule has 4 heteroatoms. The van der Waals surface area contributed by atoms with Crippen LogP contribution in [0.2, 0.25) is 0 Å². The molecule has 0 unspecified atom stereocenters. The van der Waals surface area contributed by atoms with E-state index in [9.17, 15) is 0 Å². The van der Waals surface area contributed by atoms with Crippen molar-refractivity contribution in [2.24, 2.45) is 0 Å². The van der Waals surface area contributed by atoms with Crippen LogP contribution in [0.5, 0.6) is 0 Å². The summed E-state index contributed by atoms with van der Waals surface area (Å²) in [5, 5.41) is 4.99.